The lowest BCUT2D eigenvalue weighted by atomic mass is 10.2. The Labute approximate surface area is 119 Å². The summed E-state index contributed by atoms with van der Waals surface area (Å²) in [5, 5.41) is 2.90. The zero-order valence-corrected chi connectivity index (χ0v) is 11.5. The van der Waals surface area contributed by atoms with Crippen molar-refractivity contribution in [1.29, 1.82) is 0 Å². The summed E-state index contributed by atoms with van der Waals surface area (Å²) in [5.41, 5.74) is 8.38. The van der Waals surface area contributed by atoms with Gasteiger partial charge < -0.3 is 16.0 Å². The molecule has 1 amide bonds. The van der Waals surface area contributed by atoms with E-state index in [0.717, 1.165) is 16.9 Å². The second kappa shape index (κ2) is 6.73. The largest absolute Gasteiger partial charge is 0.365 e. The molecule has 0 fully saturated rings. The average Bonchev–Trinajstić information content (AvgIpc) is 2.48. The highest BCUT2D eigenvalue weighted by Gasteiger charge is 2.09. The third-order valence-electron chi connectivity index (χ3n) is 3.09. The molecule has 20 heavy (non-hydrogen) atoms. The number of anilines is 2. The van der Waals surface area contributed by atoms with Crippen molar-refractivity contribution in [1.82, 2.24) is 0 Å². The molecule has 0 spiro atoms. The van der Waals surface area contributed by atoms with Crippen LogP contribution in [0.2, 0.25) is 0 Å². The van der Waals surface area contributed by atoms with Crippen molar-refractivity contribution in [3.63, 3.8) is 0 Å². The summed E-state index contributed by atoms with van der Waals surface area (Å²) in [6, 6.07) is 17.4. The van der Waals surface area contributed by atoms with Gasteiger partial charge in [-0.15, -0.1) is 0 Å². The maximum Gasteiger partial charge on any atom is 0.243 e. The van der Waals surface area contributed by atoms with Crippen LogP contribution < -0.4 is 16.0 Å². The summed E-state index contributed by atoms with van der Waals surface area (Å²) in [7, 11) is 1.89. The summed E-state index contributed by atoms with van der Waals surface area (Å²) in [6.45, 7) is 0.702. The molecule has 0 saturated heterocycles. The molecule has 0 radical (unpaired) electrons. The van der Waals surface area contributed by atoms with Crippen LogP contribution in [0.1, 0.15) is 5.56 Å². The average molecular weight is 269 g/mol. The van der Waals surface area contributed by atoms with E-state index >= 15 is 0 Å². The van der Waals surface area contributed by atoms with Gasteiger partial charge in [0.2, 0.25) is 5.91 Å². The Morgan fingerprint density at radius 2 is 1.75 bits per heavy atom. The third-order valence-corrected chi connectivity index (χ3v) is 3.09. The van der Waals surface area contributed by atoms with Gasteiger partial charge in [0.15, 0.2) is 0 Å². The van der Waals surface area contributed by atoms with Crippen molar-refractivity contribution in [2.45, 2.75) is 6.54 Å². The molecule has 2 aromatic carbocycles. The number of carbonyl (C=O) groups excluding carboxylic acids is 1. The molecule has 0 atom stereocenters. The number of amides is 1. The zero-order valence-electron chi connectivity index (χ0n) is 11.5. The standard InChI is InChI=1S/C16H19N3O/c1-19(14-8-3-2-4-9-14)12-16(20)18-15-10-6-5-7-13(15)11-17/h2-10H,11-12,17H2,1H3,(H,18,20). The van der Waals surface area contributed by atoms with E-state index in [1.807, 2.05) is 66.5 Å². The van der Waals surface area contributed by atoms with Crippen molar-refractivity contribution >= 4 is 17.3 Å². The lowest BCUT2D eigenvalue weighted by Crippen LogP contribution is -2.30. The van der Waals surface area contributed by atoms with Crippen LogP contribution in [0.4, 0.5) is 11.4 Å². The Kier molecular flexibility index (Phi) is 4.74. The Bertz CT molecular complexity index is 569. The van der Waals surface area contributed by atoms with Gasteiger partial charge in [0.05, 0.1) is 6.54 Å². The molecule has 0 saturated carbocycles. The second-order valence-corrected chi connectivity index (χ2v) is 4.60. The fourth-order valence-electron chi connectivity index (χ4n) is 2.00. The number of para-hydroxylation sites is 2. The number of benzene rings is 2. The second-order valence-electron chi connectivity index (χ2n) is 4.60. The minimum Gasteiger partial charge on any atom is -0.365 e. The van der Waals surface area contributed by atoms with E-state index in [1.54, 1.807) is 0 Å². The maximum atomic E-state index is 12.1. The number of carbonyl (C=O) groups is 1. The van der Waals surface area contributed by atoms with Gasteiger partial charge in [-0.2, -0.15) is 0 Å². The topological polar surface area (TPSA) is 58.4 Å². The lowest BCUT2D eigenvalue weighted by Gasteiger charge is -2.19. The van der Waals surface area contributed by atoms with Crippen LogP contribution in [0.3, 0.4) is 0 Å². The van der Waals surface area contributed by atoms with Crippen molar-refractivity contribution < 1.29 is 4.79 Å². The van der Waals surface area contributed by atoms with Gasteiger partial charge in [-0.1, -0.05) is 36.4 Å². The highest BCUT2D eigenvalue weighted by atomic mass is 16.2. The molecule has 4 nitrogen and oxygen atoms in total. The van der Waals surface area contributed by atoms with E-state index in [4.69, 9.17) is 5.73 Å². The molecule has 0 bridgehead atoms. The monoisotopic (exact) mass is 269 g/mol. The Morgan fingerprint density at radius 3 is 2.45 bits per heavy atom. The van der Waals surface area contributed by atoms with E-state index in [0.29, 0.717) is 13.1 Å². The summed E-state index contributed by atoms with van der Waals surface area (Å²) in [4.78, 5) is 14.0. The number of rotatable bonds is 5. The molecule has 0 unspecified atom stereocenters. The van der Waals surface area contributed by atoms with Crippen molar-refractivity contribution in [2.24, 2.45) is 5.73 Å². The third kappa shape index (κ3) is 3.59. The van der Waals surface area contributed by atoms with Gasteiger partial charge in [0.25, 0.3) is 0 Å². The van der Waals surface area contributed by atoms with Gasteiger partial charge in [-0.05, 0) is 23.8 Å². The first-order valence-electron chi connectivity index (χ1n) is 6.54. The van der Waals surface area contributed by atoms with Crippen molar-refractivity contribution in [3.05, 3.63) is 60.2 Å². The molecule has 4 heteroatoms. The highest BCUT2D eigenvalue weighted by Crippen LogP contribution is 2.15. The van der Waals surface area contributed by atoms with E-state index < -0.39 is 0 Å². The van der Waals surface area contributed by atoms with Crippen LogP contribution in [-0.4, -0.2) is 19.5 Å². The van der Waals surface area contributed by atoms with Gasteiger partial charge >= 0.3 is 0 Å². The number of nitrogens with two attached hydrogens (primary N) is 1. The lowest BCUT2D eigenvalue weighted by molar-refractivity contribution is -0.114. The van der Waals surface area contributed by atoms with Crippen LogP contribution in [0.5, 0.6) is 0 Å². The van der Waals surface area contributed by atoms with Crippen LogP contribution in [0, 0.1) is 0 Å². The van der Waals surface area contributed by atoms with Crippen molar-refractivity contribution in [2.75, 3.05) is 23.8 Å². The molecule has 0 aromatic heterocycles. The van der Waals surface area contributed by atoms with Crippen LogP contribution in [0.15, 0.2) is 54.6 Å². The fraction of sp³-hybridized carbons (Fsp3) is 0.188. The first kappa shape index (κ1) is 14.1. The molecule has 0 heterocycles. The first-order valence-corrected chi connectivity index (χ1v) is 6.54. The Hall–Kier alpha value is -2.33. The molecule has 0 aliphatic carbocycles. The van der Waals surface area contributed by atoms with Crippen LogP contribution >= 0.6 is 0 Å². The quantitative estimate of drug-likeness (QED) is 0.875. The molecule has 0 aliphatic rings. The minimum absolute atomic E-state index is 0.0581. The molecular weight excluding hydrogens is 250 g/mol. The predicted octanol–water partition coefficient (Wildman–Crippen LogP) is 2.22. The van der Waals surface area contributed by atoms with Crippen molar-refractivity contribution in [3.8, 4) is 0 Å². The predicted molar refractivity (Wildman–Crippen MR) is 82.7 cm³/mol. The van der Waals surface area contributed by atoms with Crippen LogP contribution in [-0.2, 0) is 11.3 Å². The summed E-state index contributed by atoms with van der Waals surface area (Å²) < 4.78 is 0. The summed E-state index contributed by atoms with van der Waals surface area (Å²) in [6.07, 6.45) is 0. The smallest absolute Gasteiger partial charge is 0.243 e. The SMILES string of the molecule is CN(CC(=O)Nc1ccccc1CN)c1ccccc1. The van der Waals surface area contributed by atoms with Gasteiger partial charge in [-0.3, -0.25) is 4.79 Å². The number of likely N-dealkylation sites (N-methyl/N-ethyl adjacent to an activating group) is 1. The molecule has 2 rings (SSSR count). The molecule has 2 aromatic rings. The fourth-order valence-corrected chi connectivity index (χ4v) is 2.00. The molecular formula is C16H19N3O. The van der Waals surface area contributed by atoms with Gasteiger partial charge in [0.1, 0.15) is 0 Å². The van der Waals surface area contributed by atoms with E-state index in [1.165, 1.54) is 0 Å². The number of nitrogens with one attached hydrogen (secondary N) is 1. The highest BCUT2D eigenvalue weighted by molar-refractivity contribution is 5.94. The Morgan fingerprint density at radius 1 is 1.10 bits per heavy atom. The summed E-state index contributed by atoms with van der Waals surface area (Å²) in [5.74, 6) is -0.0581. The Balaban J connectivity index is 1.99. The number of hydrogen-bond acceptors (Lipinski definition) is 3. The molecule has 0 aliphatic heterocycles. The van der Waals surface area contributed by atoms with E-state index in [2.05, 4.69) is 5.32 Å². The summed E-state index contributed by atoms with van der Waals surface area (Å²) >= 11 is 0. The first-order chi connectivity index (χ1) is 9.70. The van der Waals surface area contributed by atoms with Gasteiger partial charge in [0, 0.05) is 25.0 Å². The van der Waals surface area contributed by atoms with Gasteiger partial charge in [-0.25, -0.2) is 0 Å². The van der Waals surface area contributed by atoms with E-state index in [9.17, 15) is 4.79 Å². The normalized spacial score (nSPS) is 10.1. The van der Waals surface area contributed by atoms with E-state index in [-0.39, 0.29) is 5.91 Å². The van der Waals surface area contributed by atoms with Crippen LogP contribution in [0.25, 0.3) is 0 Å². The number of hydrogen-bond donors (Lipinski definition) is 2. The molecule has 104 valence electrons. The molecule has 3 N–H and O–H groups in total. The minimum atomic E-state index is -0.0581. The zero-order chi connectivity index (χ0) is 14.4. The maximum absolute atomic E-state index is 12.1. The number of nitrogens with zero attached hydrogens (tertiary/aromatic N) is 1.